The molecule has 1 aromatic rings. The van der Waals surface area contributed by atoms with Crippen LogP contribution in [0.25, 0.3) is 0 Å². The number of hydrogen-bond donors (Lipinski definition) is 3. The summed E-state index contributed by atoms with van der Waals surface area (Å²) in [6.07, 6.45) is -0.124. The number of nitrogens with one attached hydrogen (secondary N) is 1. The molecule has 1 unspecified atom stereocenters. The molecular formula is C15H24N2O3. The maximum atomic E-state index is 11.7. The van der Waals surface area contributed by atoms with Crippen LogP contribution in [-0.4, -0.2) is 30.7 Å². The van der Waals surface area contributed by atoms with Crippen LogP contribution in [0.3, 0.4) is 0 Å². The largest absolute Gasteiger partial charge is 0.497 e. The zero-order valence-electron chi connectivity index (χ0n) is 12.3. The molecule has 1 aromatic carbocycles. The van der Waals surface area contributed by atoms with Crippen LogP contribution in [0, 0.1) is 5.92 Å². The zero-order valence-corrected chi connectivity index (χ0v) is 12.3. The summed E-state index contributed by atoms with van der Waals surface area (Å²) in [4.78, 5) is 11.7. The lowest BCUT2D eigenvalue weighted by Crippen LogP contribution is -2.42. The topological polar surface area (TPSA) is 84.6 Å². The van der Waals surface area contributed by atoms with Crippen molar-refractivity contribution >= 4 is 5.91 Å². The number of carbonyl (C=O) groups is 1. The summed E-state index contributed by atoms with van der Waals surface area (Å²) in [5.41, 5.74) is 6.50. The molecule has 0 aliphatic heterocycles. The third-order valence-electron chi connectivity index (χ3n) is 3.03. The number of benzene rings is 1. The van der Waals surface area contributed by atoms with Crippen LogP contribution in [0.15, 0.2) is 24.3 Å². The molecule has 5 nitrogen and oxygen atoms in total. The SMILES string of the molecule is COc1ccc(C(O)CNC(=O)[C@@H](N)CC(C)C)cc1. The second kappa shape index (κ2) is 7.87. The Morgan fingerprint density at radius 1 is 1.35 bits per heavy atom. The van der Waals surface area contributed by atoms with E-state index < -0.39 is 12.1 Å². The predicted octanol–water partition coefficient (Wildman–Crippen LogP) is 1.22. The van der Waals surface area contributed by atoms with Gasteiger partial charge >= 0.3 is 0 Å². The second-order valence-corrected chi connectivity index (χ2v) is 5.27. The average Bonchev–Trinajstić information content (AvgIpc) is 2.43. The fraction of sp³-hybridized carbons (Fsp3) is 0.533. The van der Waals surface area contributed by atoms with Gasteiger partial charge in [-0.25, -0.2) is 0 Å². The molecule has 0 aromatic heterocycles. The summed E-state index contributed by atoms with van der Waals surface area (Å²) in [6, 6.07) is 6.54. The van der Waals surface area contributed by atoms with Crippen molar-refractivity contribution in [3.05, 3.63) is 29.8 Å². The molecule has 1 rings (SSSR count). The van der Waals surface area contributed by atoms with Gasteiger partial charge in [0.15, 0.2) is 0 Å². The van der Waals surface area contributed by atoms with Crippen molar-refractivity contribution in [3.63, 3.8) is 0 Å². The highest BCUT2D eigenvalue weighted by molar-refractivity contribution is 5.81. The van der Waals surface area contributed by atoms with Crippen LogP contribution in [0.4, 0.5) is 0 Å². The fourth-order valence-electron chi connectivity index (χ4n) is 1.89. The number of aliphatic hydroxyl groups excluding tert-OH is 1. The maximum Gasteiger partial charge on any atom is 0.237 e. The van der Waals surface area contributed by atoms with Crippen LogP contribution in [0.1, 0.15) is 31.9 Å². The fourth-order valence-corrected chi connectivity index (χ4v) is 1.89. The molecule has 2 atom stereocenters. The Morgan fingerprint density at radius 2 is 1.95 bits per heavy atom. The summed E-state index contributed by atoms with van der Waals surface area (Å²) in [5, 5.41) is 12.7. The zero-order chi connectivity index (χ0) is 15.1. The van der Waals surface area contributed by atoms with Gasteiger partial charge in [-0.05, 0) is 30.0 Å². The van der Waals surface area contributed by atoms with Crippen molar-refractivity contribution in [2.24, 2.45) is 11.7 Å². The highest BCUT2D eigenvalue weighted by Crippen LogP contribution is 2.17. The molecule has 112 valence electrons. The predicted molar refractivity (Wildman–Crippen MR) is 78.4 cm³/mol. The van der Waals surface area contributed by atoms with E-state index >= 15 is 0 Å². The normalized spacial score (nSPS) is 13.9. The van der Waals surface area contributed by atoms with E-state index in [0.29, 0.717) is 12.3 Å². The average molecular weight is 280 g/mol. The van der Waals surface area contributed by atoms with Crippen molar-refractivity contribution in [1.82, 2.24) is 5.32 Å². The molecule has 4 N–H and O–H groups in total. The molecule has 1 amide bonds. The molecule has 0 fully saturated rings. The van der Waals surface area contributed by atoms with E-state index in [1.165, 1.54) is 0 Å². The minimum Gasteiger partial charge on any atom is -0.497 e. The second-order valence-electron chi connectivity index (χ2n) is 5.27. The molecule has 0 spiro atoms. The van der Waals surface area contributed by atoms with Crippen LogP contribution >= 0.6 is 0 Å². The van der Waals surface area contributed by atoms with Gasteiger partial charge in [0.25, 0.3) is 0 Å². The Hall–Kier alpha value is -1.59. The molecule has 0 radical (unpaired) electrons. The highest BCUT2D eigenvalue weighted by Gasteiger charge is 2.16. The standard InChI is InChI=1S/C15H24N2O3/c1-10(2)8-13(16)15(19)17-9-14(18)11-4-6-12(20-3)7-5-11/h4-7,10,13-14,18H,8-9,16H2,1-3H3,(H,17,19)/t13-,14?/m0/s1. The van der Waals surface area contributed by atoms with Crippen LogP contribution in [0.2, 0.25) is 0 Å². The Kier molecular flexibility index (Phi) is 6.48. The Balaban J connectivity index is 2.45. The summed E-state index contributed by atoms with van der Waals surface area (Å²) >= 11 is 0. The van der Waals surface area contributed by atoms with E-state index in [2.05, 4.69) is 5.32 Å². The molecule has 0 saturated heterocycles. The molecule has 0 aliphatic rings. The summed E-state index contributed by atoms with van der Waals surface area (Å²) in [5.74, 6) is 0.859. The number of amides is 1. The van der Waals surface area contributed by atoms with Crippen molar-refractivity contribution < 1.29 is 14.6 Å². The number of nitrogens with two attached hydrogens (primary N) is 1. The Bertz CT molecular complexity index is 418. The first-order chi connectivity index (χ1) is 9.43. The van der Waals surface area contributed by atoms with Gasteiger partial charge in [-0.15, -0.1) is 0 Å². The van der Waals surface area contributed by atoms with Crippen LogP contribution in [0.5, 0.6) is 5.75 Å². The van der Waals surface area contributed by atoms with Gasteiger partial charge in [-0.1, -0.05) is 26.0 Å². The van der Waals surface area contributed by atoms with Crippen molar-refractivity contribution in [3.8, 4) is 5.75 Å². The summed E-state index contributed by atoms with van der Waals surface area (Å²) in [6.45, 7) is 4.18. The quantitative estimate of drug-likeness (QED) is 0.701. The lowest BCUT2D eigenvalue weighted by molar-refractivity contribution is -0.123. The van der Waals surface area contributed by atoms with Crippen molar-refractivity contribution in [1.29, 1.82) is 0 Å². The number of methoxy groups -OCH3 is 1. The summed E-state index contributed by atoms with van der Waals surface area (Å²) in [7, 11) is 1.59. The van der Waals surface area contributed by atoms with E-state index in [1.807, 2.05) is 13.8 Å². The monoisotopic (exact) mass is 280 g/mol. The van der Waals surface area contributed by atoms with Crippen molar-refractivity contribution in [2.45, 2.75) is 32.4 Å². The molecule has 0 aliphatic carbocycles. The van der Waals surface area contributed by atoms with E-state index in [1.54, 1.807) is 31.4 Å². The van der Waals surface area contributed by atoms with E-state index in [0.717, 1.165) is 11.3 Å². The maximum absolute atomic E-state index is 11.7. The molecule has 0 saturated carbocycles. The minimum absolute atomic E-state index is 0.150. The van der Waals surface area contributed by atoms with E-state index in [9.17, 15) is 9.90 Å². The third kappa shape index (κ3) is 5.19. The van der Waals surface area contributed by atoms with Gasteiger partial charge in [0, 0.05) is 6.54 Å². The van der Waals surface area contributed by atoms with Crippen molar-refractivity contribution in [2.75, 3.05) is 13.7 Å². The number of hydrogen-bond acceptors (Lipinski definition) is 4. The lowest BCUT2D eigenvalue weighted by Gasteiger charge is -2.17. The first kappa shape index (κ1) is 16.5. The van der Waals surface area contributed by atoms with E-state index in [4.69, 9.17) is 10.5 Å². The van der Waals surface area contributed by atoms with Gasteiger partial charge in [0.1, 0.15) is 5.75 Å². The molecule has 0 heterocycles. The Labute approximate surface area is 120 Å². The molecular weight excluding hydrogens is 256 g/mol. The Morgan fingerprint density at radius 3 is 2.45 bits per heavy atom. The highest BCUT2D eigenvalue weighted by atomic mass is 16.5. The van der Waals surface area contributed by atoms with Gasteiger partial charge in [0.2, 0.25) is 5.91 Å². The number of rotatable bonds is 7. The van der Waals surface area contributed by atoms with Gasteiger partial charge in [-0.2, -0.15) is 0 Å². The third-order valence-corrected chi connectivity index (χ3v) is 3.03. The van der Waals surface area contributed by atoms with Gasteiger partial charge < -0.3 is 20.9 Å². The number of carbonyl (C=O) groups excluding carboxylic acids is 1. The van der Waals surface area contributed by atoms with Gasteiger partial charge in [-0.3, -0.25) is 4.79 Å². The molecule has 5 heteroatoms. The number of aliphatic hydroxyl groups is 1. The van der Waals surface area contributed by atoms with Crippen LogP contribution < -0.4 is 15.8 Å². The molecule has 20 heavy (non-hydrogen) atoms. The first-order valence-electron chi connectivity index (χ1n) is 6.79. The summed E-state index contributed by atoms with van der Waals surface area (Å²) < 4.78 is 5.05. The van der Waals surface area contributed by atoms with Crippen LogP contribution in [-0.2, 0) is 4.79 Å². The minimum atomic E-state index is -0.754. The smallest absolute Gasteiger partial charge is 0.237 e. The first-order valence-corrected chi connectivity index (χ1v) is 6.79. The lowest BCUT2D eigenvalue weighted by atomic mass is 10.0. The number of ether oxygens (including phenoxy) is 1. The van der Waals surface area contributed by atoms with Gasteiger partial charge in [0.05, 0.1) is 19.3 Å². The molecule has 0 bridgehead atoms. The van der Waals surface area contributed by atoms with E-state index in [-0.39, 0.29) is 12.5 Å².